The minimum Gasteiger partial charge on any atom is -0.320 e. The second-order valence-electron chi connectivity index (χ2n) is 3.91. The highest BCUT2D eigenvalue weighted by atomic mass is 35.5. The molecule has 0 aromatic heterocycles. The molecule has 0 aliphatic carbocycles. The van der Waals surface area contributed by atoms with E-state index in [1.807, 2.05) is 13.1 Å². The van der Waals surface area contributed by atoms with Crippen LogP contribution in [0.2, 0.25) is 0 Å². The number of nitriles is 1. The van der Waals surface area contributed by atoms with Crippen LogP contribution in [0.1, 0.15) is 17.5 Å². The van der Waals surface area contributed by atoms with Gasteiger partial charge in [0.15, 0.2) is 0 Å². The fraction of sp³-hybridized carbons (Fsp3) is 0.417. The maximum Gasteiger partial charge on any atom is 0.241 e. The van der Waals surface area contributed by atoms with E-state index in [-0.39, 0.29) is 22.9 Å². The molecule has 2 N–H and O–H groups in total. The lowest BCUT2D eigenvalue weighted by molar-refractivity contribution is 0.577. The Labute approximate surface area is 120 Å². The van der Waals surface area contributed by atoms with Crippen LogP contribution in [-0.2, 0) is 10.0 Å². The Kier molecular flexibility index (Phi) is 7.64. The van der Waals surface area contributed by atoms with Crippen LogP contribution < -0.4 is 10.0 Å². The van der Waals surface area contributed by atoms with E-state index in [0.717, 1.165) is 6.54 Å². The van der Waals surface area contributed by atoms with Gasteiger partial charge < -0.3 is 5.32 Å². The Bertz CT molecular complexity index is 553. The molecule has 0 saturated carbocycles. The van der Waals surface area contributed by atoms with Crippen LogP contribution in [0.5, 0.6) is 0 Å². The van der Waals surface area contributed by atoms with Crippen molar-refractivity contribution in [3.63, 3.8) is 0 Å². The lowest BCUT2D eigenvalue weighted by atomic mass is 10.1. The van der Waals surface area contributed by atoms with Gasteiger partial charge in [-0.2, -0.15) is 5.26 Å². The van der Waals surface area contributed by atoms with Crippen molar-refractivity contribution in [1.29, 1.82) is 5.26 Å². The van der Waals surface area contributed by atoms with Crippen LogP contribution in [-0.4, -0.2) is 28.6 Å². The van der Waals surface area contributed by atoms with Crippen molar-refractivity contribution < 1.29 is 8.42 Å². The second kappa shape index (κ2) is 8.12. The van der Waals surface area contributed by atoms with Gasteiger partial charge in [0.2, 0.25) is 10.0 Å². The van der Waals surface area contributed by atoms with E-state index < -0.39 is 10.0 Å². The molecule has 0 bridgehead atoms. The zero-order chi connectivity index (χ0) is 13.6. The quantitative estimate of drug-likeness (QED) is 0.773. The molecule has 0 amide bonds. The van der Waals surface area contributed by atoms with E-state index in [2.05, 4.69) is 10.0 Å². The maximum atomic E-state index is 12.0. The highest BCUT2D eigenvalue weighted by molar-refractivity contribution is 7.89. The number of hydrogen-bond donors (Lipinski definition) is 2. The first-order valence-electron chi connectivity index (χ1n) is 5.67. The summed E-state index contributed by atoms with van der Waals surface area (Å²) in [6, 6.07) is 6.75. The van der Waals surface area contributed by atoms with Crippen molar-refractivity contribution >= 4 is 22.4 Å². The first kappa shape index (κ1) is 17.9. The third-order valence-corrected chi connectivity index (χ3v) is 4.03. The van der Waals surface area contributed by atoms with Crippen LogP contribution >= 0.6 is 12.4 Å². The Balaban J connectivity index is 0.00000324. The van der Waals surface area contributed by atoms with Gasteiger partial charge in [-0.15, -0.1) is 12.4 Å². The number of rotatable bonds is 6. The first-order valence-corrected chi connectivity index (χ1v) is 7.15. The lowest BCUT2D eigenvalue weighted by Gasteiger charge is -2.09. The van der Waals surface area contributed by atoms with Crippen LogP contribution in [0.4, 0.5) is 0 Å². The number of sulfonamides is 1. The minimum atomic E-state index is -3.61. The van der Waals surface area contributed by atoms with Crippen molar-refractivity contribution in [2.75, 3.05) is 20.1 Å². The predicted octanol–water partition coefficient (Wildman–Crippen LogP) is 1.18. The molecule has 0 aliphatic rings. The molecule has 0 unspecified atom stereocenters. The van der Waals surface area contributed by atoms with Gasteiger partial charge in [0.05, 0.1) is 10.5 Å². The van der Waals surface area contributed by atoms with Gasteiger partial charge in [0.1, 0.15) is 6.07 Å². The van der Waals surface area contributed by atoms with Crippen LogP contribution in [0, 0.1) is 18.3 Å². The average molecular weight is 304 g/mol. The van der Waals surface area contributed by atoms with Crippen LogP contribution in [0.15, 0.2) is 23.1 Å². The van der Waals surface area contributed by atoms with E-state index in [1.165, 1.54) is 6.07 Å². The van der Waals surface area contributed by atoms with Crippen LogP contribution in [0.3, 0.4) is 0 Å². The Morgan fingerprint density at radius 3 is 2.58 bits per heavy atom. The van der Waals surface area contributed by atoms with E-state index in [9.17, 15) is 8.42 Å². The fourth-order valence-electron chi connectivity index (χ4n) is 1.56. The van der Waals surface area contributed by atoms with E-state index in [0.29, 0.717) is 18.5 Å². The summed E-state index contributed by atoms with van der Waals surface area (Å²) in [5.74, 6) is 0. The van der Waals surface area contributed by atoms with Crippen molar-refractivity contribution in [3.8, 4) is 6.07 Å². The highest BCUT2D eigenvalue weighted by Crippen LogP contribution is 2.18. The summed E-state index contributed by atoms with van der Waals surface area (Å²) >= 11 is 0. The number of aryl methyl sites for hydroxylation is 1. The molecule has 1 rings (SSSR count). The van der Waals surface area contributed by atoms with Crippen molar-refractivity contribution in [3.05, 3.63) is 29.3 Å². The summed E-state index contributed by atoms with van der Waals surface area (Å²) in [6.45, 7) is 2.81. The molecular formula is C12H18ClN3O2S. The van der Waals surface area contributed by atoms with Crippen LogP contribution in [0.25, 0.3) is 0 Å². The second-order valence-corrected chi connectivity index (χ2v) is 5.65. The Morgan fingerprint density at radius 2 is 2.00 bits per heavy atom. The summed E-state index contributed by atoms with van der Waals surface area (Å²) in [4.78, 5) is 0.0504. The monoisotopic (exact) mass is 303 g/mol. The smallest absolute Gasteiger partial charge is 0.241 e. The Hall–Kier alpha value is -1.13. The van der Waals surface area contributed by atoms with E-state index in [1.54, 1.807) is 19.1 Å². The molecule has 0 spiro atoms. The number of nitrogens with one attached hydrogen (secondary N) is 2. The largest absolute Gasteiger partial charge is 0.320 e. The van der Waals surface area contributed by atoms with Crippen molar-refractivity contribution in [2.24, 2.45) is 0 Å². The fourth-order valence-corrected chi connectivity index (χ4v) is 2.86. The number of benzene rings is 1. The third-order valence-electron chi connectivity index (χ3n) is 2.53. The van der Waals surface area contributed by atoms with Gasteiger partial charge in [-0.05, 0) is 38.6 Å². The Morgan fingerprint density at radius 1 is 1.32 bits per heavy atom. The molecule has 0 saturated heterocycles. The van der Waals surface area contributed by atoms with Gasteiger partial charge >= 0.3 is 0 Å². The first-order chi connectivity index (χ1) is 8.53. The average Bonchev–Trinajstić information content (AvgIpc) is 2.34. The summed E-state index contributed by atoms with van der Waals surface area (Å²) in [5, 5.41) is 12.0. The number of nitrogens with zero attached hydrogens (tertiary/aromatic N) is 1. The van der Waals surface area contributed by atoms with Gasteiger partial charge in [-0.1, -0.05) is 12.1 Å². The molecule has 106 valence electrons. The predicted molar refractivity (Wildman–Crippen MR) is 76.9 cm³/mol. The summed E-state index contributed by atoms with van der Waals surface area (Å²) in [7, 11) is -1.80. The molecule has 19 heavy (non-hydrogen) atoms. The highest BCUT2D eigenvalue weighted by Gasteiger charge is 2.18. The third kappa shape index (κ3) is 4.80. The molecule has 0 radical (unpaired) electrons. The summed E-state index contributed by atoms with van der Waals surface area (Å²) in [5.41, 5.74) is 0.870. The maximum absolute atomic E-state index is 12.0. The molecule has 1 aromatic carbocycles. The molecule has 1 aromatic rings. The topological polar surface area (TPSA) is 82.0 Å². The van der Waals surface area contributed by atoms with E-state index in [4.69, 9.17) is 5.26 Å². The summed E-state index contributed by atoms with van der Waals surface area (Å²) in [6.07, 6.45) is 0.698. The standard InChI is InChI=1S/C12H17N3O2S.ClH/c1-10-5-3-6-12(11(10)9-13)18(16,17)15-8-4-7-14-2;/h3,5-6,14-15H,4,7-8H2,1-2H3;1H. The van der Waals surface area contributed by atoms with Gasteiger partial charge in [-0.25, -0.2) is 13.1 Å². The molecule has 0 atom stereocenters. The number of hydrogen-bond acceptors (Lipinski definition) is 4. The summed E-state index contributed by atoms with van der Waals surface area (Å²) < 4.78 is 26.6. The SMILES string of the molecule is CNCCCNS(=O)(=O)c1cccc(C)c1C#N.Cl. The zero-order valence-corrected chi connectivity index (χ0v) is 12.6. The molecule has 0 heterocycles. The molecule has 0 aliphatic heterocycles. The zero-order valence-electron chi connectivity index (χ0n) is 10.9. The normalized spacial score (nSPS) is 10.6. The van der Waals surface area contributed by atoms with Crippen molar-refractivity contribution in [2.45, 2.75) is 18.2 Å². The number of halogens is 1. The molecule has 0 fully saturated rings. The van der Waals surface area contributed by atoms with Gasteiger partial charge in [-0.3, -0.25) is 0 Å². The molecule has 5 nitrogen and oxygen atoms in total. The van der Waals surface area contributed by atoms with Crippen molar-refractivity contribution in [1.82, 2.24) is 10.0 Å². The molecular weight excluding hydrogens is 286 g/mol. The van der Waals surface area contributed by atoms with E-state index >= 15 is 0 Å². The molecule has 7 heteroatoms. The van der Waals surface area contributed by atoms with Gasteiger partial charge in [0, 0.05) is 6.54 Å². The minimum absolute atomic E-state index is 0. The van der Waals surface area contributed by atoms with Gasteiger partial charge in [0.25, 0.3) is 0 Å². The lowest BCUT2D eigenvalue weighted by Crippen LogP contribution is -2.27.